The van der Waals surface area contributed by atoms with E-state index in [2.05, 4.69) is 10.0 Å². The zero-order valence-corrected chi connectivity index (χ0v) is 12.8. The lowest BCUT2D eigenvalue weighted by atomic mass is 9.95. The Kier molecular flexibility index (Phi) is 6.79. The molecular weight excluding hydrogens is 264 g/mol. The summed E-state index contributed by atoms with van der Waals surface area (Å²) in [5.41, 5.74) is 0. The zero-order chi connectivity index (χ0) is 14.3. The van der Waals surface area contributed by atoms with Crippen molar-refractivity contribution in [2.75, 3.05) is 12.3 Å². The van der Waals surface area contributed by atoms with Gasteiger partial charge in [-0.25, -0.2) is 8.42 Å². The lowest BCUT2D eigenvalue weighted by Crippen LogP contribution is -2.37. The van der Waals surface area contributed by atoms with E-state index in [0.29, 0.717) is 19.0 Å². The van der Waals surface area contributed by atoms with Crippen molar-refractivity contribution in [3.8, 4) is 0 Å². The Morgan fingerprint density at radius 1 is 1.21 bits per heavy atom. The zero-order valence-electron chi connectivity index (χ0n) is 11.9. The minimum atomic E-state index is -3.47. The molecule has 1 saturated carbocycles. The maximum absolute atomic E-state index is 11.6. The number of nitrogens with one attached hydrogen (secondary N) is 2. The molecule has 2 N–H and O–H groups in total. The second kappa shape index (κ2) is 7.85. The molecule has 1 rings (SSSR count). The fourth-order valence-electron chi connectivity index (χ4n) is 2.20. The van der Waals surface area contributed by atoms with Crippen LogP contribution in [0.25, 0.3) is 0 Å². The van der Waals surface area contributed by atoms with Gasteiger partial charge in [-0.05, 0) is 25.8 Å². The average Bonchev–Trinajstić information content (AvgIpc) is 2.35. The summed E-state index contributed by atoms with van der Waals surface area (Å²) in [6.07, 6.45) is 6.76. The van der Waals surface area contributed by atoms with E-state index in [0.717, 1.165) is 0 Å². The van der Waals surface area contributed by atoms with Crippen LogP contribution < -0.4 is 10.0 Å². The Morgan fingerprint density at radius 2 is 1.84 bits per heavy atom. The molecule has 112 valence electrons. The van der Waals surface area contributed by atoms with Crippen LogP contribution in [0.4, 0.5) is 0 Å². The smallest absolute Gasteiger partial charge is 0.235 e. The second-order valence-corrected chi connectivity index (χ2v) is 7.42. The van der Waals surface area contributed by atoms with Crippen LogP contribution in [0, 0.1) is 5.92 Å². The van der Waals surface area contributed by atoms with Crippen LogP contribution in [0.15, 0.2) is 0 Å². The van der Waals surface area contributed by atoms with Gasteiger partial charge in [-0.15, -0.1) is 0 Å². The molecule has 0 aliphatic heterocycles. The van der Waals surface area contributed by atoms with Gasteiger partial charge in [0, 0.05) is 12.0 Å². The summed E-state index contributed by atoms with van der Waals surface area (Å²) in [6, 6.07) is 0.543. The van der Waals surface area contributed by atoms with Gasteiger partial charge in [-0.1, -0.05) is 33.1 Å². The van der Waals surface area contributed by atoms with Crippen molar-refractivity contribution in [2.45, 2.75) is 58.4 Å². The molecule has 0 bridgehead atoms. The number of hydrogen-bond donors (Lipinski definition) is 2. The van der Waals surface area contributed by atoms with Crippen molar-refractivity contribution in [1.29, 1.82) is 0 Å². The van der Waals surface area contributed by atoms with Crippen molar-refractivity contribution in [3.05, 3.63) is 0 Å². The summed E-state index contributed by atoms with van der Waals surface area (Å²) in [7, 11) is -3.47. The van der Waals surface area contributed by atoms with Gasteiger partial charge in [0.15, 0.2) is 0 Å². The fourth-order valence-corrected chi connectivity index (χ4v) is 3.37. The predicted molar refractivity (Wildman–Crippen MR) is 76.3 cm³/mol. The van der Waals surface area contributed by atoms with Crippen LogP contribution in [0.2, 0.25) is 0 Å². The Labute approximate surface area is 116 Å². The molecule has 0 aromatic rings. The summed E-state index contributed by atoms with van der Waals surface area (Å²) in [5, 5.41) is 3.39. The van der Waals surface area contributed by atoms with Gasteiger partial charge in [0.1, 0.15) is 0 Å². The van der Waals surface area contributed by atoms with Crippen molar-refractivity contribution in [2.24, 2.45) is 5.92 Å². The standard InChI is InChI=1S/C13H26N2O3S/c1-11(2)13(16)15-19(17,18)10-6-9-14-12-7-4-3-5-8-12/h11-12,14H,3-10H2,1-2H3,(H,15,16). The van der Waals surface area contributed by atoms with E-state index in [1.807, 2.05) is 0 Å². The lowest BCUT2D eigenvalue weighted by molar-refractivity contribution is -0.122. The molecular formula is C13H26N2O3S. The van der Waals surface area contributed by atoms with Crippen LogP contribution in [-0.2, 0) is 14.8 Å². The van der Waals surface area contributed by atoms with Crippen molar-refractivity contribution < 1.29 is 13.2 Å². The topological polar surface area (TPSA) is 75.3 Å². The van der Waals surface area contributed by atoms with E-state index in [4.69, 9.17) is 0 Å². The molecule has 0 aromatic carbocycles. The molecule has 0 unspecified atom stereocenters. The maximum atomic E-state index is 11.6. The molecule has 1 fully saturated rings. The molecule has 0 atom stereocenters. The molecule has 0 radical (unpaired) electrons. The number of sulfonamides is 1. The highest BCUT2D eigenvalue weighted by Gasteiger charge is 2.17. The van der Waals surface area contributed by atoms with Gasteiger partial charge in [0.25, 0.3) is 0 Å². The SMILES string of the molecule is CC(C)C(=O)NS(=O)(=O)CCCNC1CCCCC1. The number of amides is 1. The summed E-state index contributed by atoms with van der Waals surface area (Å²) in [5.74, 6) is -0.735. The van der Waals surface area contributed by atoms with E-state index in [-0.39, 0.29) is 11.7 Å². The van der Waals surface area contributed by atoms with Gasteiger partial charge in [0.05, 0.1) is 5.75 Å². The molecule has 0 aromatic heterocycles. The van der Waals surface area contributed by atoms with Gasteiger partial charge < -0.3 is 5.32 Å². The first-order valence-electron chi connectivity index (χ1n) is 7.18. The molecule has 0 spiro atoms. The monoisotopic (exact) mass is 290 g/mol. The molecule has 0 saturated heterocycles. The van der Waals surface area contributed by atoms with Crippen LogP contribution in [0.5, 0.6) is 0 Å². The summed E-state index contributed by atoms with van der Waals surface area (Å²) in [4.78, 5) is 11.3. The maximum Gasteiger partial charge on any atom is 0.235 e. The molecule has 1 aliphatic rings. The van der Waals surface area contributed by atoms with Crippen LogP contribution in [-0.4, -0.2) is 32.7 Å². The van der Waals surface area contributed by atoms with Crippen LogP contribution >= 0.6 is 0 Å². The first kappa shape index (κ1) is 16.4. The molecule has 6 heteroatoms. The number of carbonyl (C=O) groups excluding carboxylic acids is 1. The van der Waals surface area contributed by atoms with Gasteiger partial charge in [-0.2, -0.15) is 0 Å². The van der Waals surface area contributed by atoms with E-state index >= 15 is 0 Å². The van der Waals surface area contributed by atoms with Crippen molar-refractivity contribution >= 4 is 15.9 Å². The molecule has 0 heterocycles. The van der Waals surface area contributed by atoms with E-state index in [1.54, 1.807) is 13.8 Å². The summed E-state index contributed by atoms with van der Waals surface area (Å²) >= 11 is 0. The highest BCUT2D eigenvalue weighted by Crippen LogP contribution is 2.17. The Hall–Kier alpha value is -0.620. The van der Waals surface area contributed by atoms with Gasteiger partial charge >= 0.3 is 0 Å². The summed E-state index contributed by atoms with van der Waals surface area (Å²) in [6.45, 7) is 4.05. The third-order valence-electron chi connectivity index (χ3n) is 3.41. The Morgan fingerprint density at radius 3 is 2.42 bits per heavy atom. The lowest BCUT2D eigenvalue weighted by Gasteiger charge is -2.22. The second-order valence-electron chi connectivity index (χ2n) is 5.58. The number of hydrogen-bond acceptors (Lipinski definition) is 4. The first-order valence-corrected chi connectivity index (χ1v) is 8.83. The minimum absolute atomic E-state index is 0.00514. The average molecular weight is 290 g/mol. The Balaban J connectivity index is 2.18. The molecule has 1 amide bonds. The third kappa shape index (κ3) is 6.92. The molecule has 19 heavy (non-hydrogen) atoms. The predicted octanol–water partition coefficient (Wildman–Crippen LogP) is 1.40. The largest absolute Gasteiger partial charge is 0.314 e. The molecule has 1 aliphatic carbocycles. The highest BCUT2D eigenvalue weighted by molar-refractivity contribution is 7.90. The highest BCUT2D eigenvalue weighted by atomic mass is 32.2. The van der Waals surface area contributed by atoms with E-state index < -0.39 is 15.9 Å². The van der Waals surface area contributed by atoms with Gasteiger partial charge in [0.2, 0.25) is 15.9 Å². The van der Waals surface area contributed by atoms with Crippen LogP contribution in [0.1, 0.15) is 52.4 Å². The Bertz CT molecular complexity index is 373. The fraction of sp³-hybridized carbons (Fsp3) is 0.923. The minimum Gasteiger partial charge on any atom is -0.314 e. The van der Waals surface area contributed by atoms with Crippen molar-refractivity contribution in [1.82, 2.24) is 10.0 Å². The third-order valence-corrected chi connectivity index (χ3v) is 4.75. The first-order chi connectivity index (χ1) is 8.91. The number of rotatable bonds is 7. The number of carbonyl (C=O) groups is 1. The van der Waals surface area contributed by atoms with E-state index in [1.165, 1.54) is 32.1 Å². The molecule has 5 nitrogen and oxygen atoms in total. The normalized spacial score (nSPS) is 17.6. The van der Waals surface area contributed by atoms with Crippen LogP contribution in [0.3, 0.4) is 0 Å². The van der Waals surface area contributed by atoms with Gasteiger partial charge in [-0.3, -0.25) is 9.52 Å². The van der Waals surface area contributed by atoms with Crippen molar-refractivity contribution in [3.63, 3.8) is 0 Å². The van der Waals surface area contributed by atoms with E-state index in [9.17, 15) is 13.2 Å². The summed E-state index contributed by atoms with van der Waals surface area (Å²) < 4.78 is 25.4. The quantitative estimate of drug-likeness (QED) is 0.695.